The van der Waals surface area contributed by atoms with Gasteiger partial charge in [-0.15, -0.1) is 0 Å². The minimum absolute atomic E-state index is 0.00527. The number of likely N-dealkylation sites (tertiary alicyclic amines) is 1. The highest BCUT2D eigenvalue weighted by Gasteiger charge is 2.43. The SMILES string of the molecule is CO[C@@H]1CC[C@H](N2CC[C@H](NC(=O)c3cccc(-c4c[c]ccc4)c3)C2=O)[C@H](CS(C)(=O)=O)C1. The molecule has 7 nitrogen and oxygen atoms in total. The van der Waals surface area contributed by atoms with Gasteiger partial charge >= 0.3 is 0 Å². The van der Waals surface area contributed by atoms with Gasteiger partial charge in [0.2, 0.25) is 5.91 Å². The molecule has 181 valence electrons. The van der Waals surface area contributed by atoms with E-state index in [1.54, 1.807) is 18.1 Å². The number of nitrogens with zero attached hydrogens (tertiary/aromatic N) is 1. The fourth-order valence-electron chi connectivity index (χ4n) is 5.22. The Balaban J connectivity index is 1.44. The van der Waals surface area contributed by atoms with Crippen molar-refractivity contribution in [1.82, 2.24) is 10.2 Å². The zero-order valence-corrected chi connectivity index (χ0v) is 20.4. The summed E-state index contributed by atoms with van der Waals surface area (Å²) in [5.41, 5.74) is 2.36. The fourth-order valence-corrected chi connectivity index (χ4v) is 6.35. The molecule has 1 radical (unpaired) electrons. The molecular formula is C26H31N2O5S. The number of benzene rings is 2. The van der Waals surface area contributed by atoms with E-state index in [4.69, 9.17) is 4.74 Å². The third-order valence-electron chi connectivity index (χ3n) is 6.86. The lowest BCUT2D eigenvalue weighted by atomic mass is 9.83. The van der Waals surface area contributed by atoms with Gasteiger partial charge in [-0.05, 0) is 67.0 Å². The Labute approximate surface area is 201 Å². The van der Waals surface area contributed by atoms with Crippen LogP contribution in [-0.4, -0.2) is 69.0 Å². The summed E-state index contributed by atoms with van der Waals surface area (Å²) in [4.78, 5) is 28.0. The van der Waals surface area contributed by atoms with Crippen molar-refractivity contribution in [2.24, 2.45) is 5.92 Å². The van der Waals surface area contributed by atoms with E-state index in [2.05, 4.69) is 11.4 Å². The molecule has 4 rings (SSSR count). The highest BCUT2D eigenvalue weighted by atomic mass is 32.2. The monoisotopic (exact) mass is 483 g/mol. The molecule has 2 aromatic carbocycles. The topological polar surface area (TPSA) is 92.8 Å². The number of rotatable bonds is 7. The first-order valence-corrected chi connectivity index (χ1v) is 13.7. The summed E-state index contributed by atoms with van der Waals surface area (Å²) in [5.74, 6) is -0.576. The van der Waals surface area contributed by atoms with Gasteiger partial charge in [0.25, 0.3) is 5.91 Å². The summed E-state index contributed by atoms with van der Waals surface area (Å²) in [6.45, 7) is 0.506. The Hall–Kier alpha value is -2.71. The highest BCUT2D eigenvalue weighted by Crippen LogP contribution is 2.33. The molecule has 1 heterocycles. The van der Waals surface area contributed by atoms with Gasteiger partial charge in [-0.25, -0.2) is 8.42 Å². The van der Waals surface area contributed by atoms with Gasteiger partial charge in [-0.3, -0.25) is 9.59 Å². The largest absolute Gasteiger partial charge is 0.381 e. The average molecular weight is 484 g/mol. The second-order valence-electron chi connectivity index (χ2n) is 9.31. The molecule has 1 aliphatic heterocycles. The molecular weight excluding hydrogens is 452 g/mol. The van der Waals surface area contributed by atoms with Crippen LogP contribution in [0.5, 0.6) is 0 Å². The van der Waals surface area contributed by atoms with Crippen molar-refractivity contribution in [1.29, 1.82) is 0 Å². The van der Waals surface area contributed by atoms with Crippen LogP contribution >= 0.6 is 0 Å². The number of carbonyl (C=O) groups is 2. The zero-order valence-electron chi connectivity index (χ0n) is 19.6. The lowest BCUT2D eigenvalue weighted by Gasteiger charge is -2.40. The maximum absolute atomic E-state index is 13.2. The second-order valence-corrected chi connectivity index (χ2v) is 11.5. The van der Waals surface area contributed by atoms with Crippen LogP contribution in [0.2, 0.25) is 0 Å². The Morgan fingerprint density at radius 1 is 1.18 bits per heavy atom. The van der Waals surface area contributed by atoms with Gasteiger partial charge in [-0.1, -0.05) is 30.3 Å². The van der Waals surface area contributed by atoms with Gasteiger partial charge in [-0.2, -0.15) is 0 Å². The van der Waals surface area contributed by atoms with Gasteiger partial charge < -0.3 is 15.0 Å². The van der Waals surface area contributed by atoms with Crippen LogP contribution in [0.4, 0.5) is 0 Å². The van der Waals surface area contributed by atoms with Crippen molar-refractivity contribution in [2.45, 2.75) is 43.9 Å². The van der Waals surface area contributed by atoms with Crippen LogP contribution < -0.4 is 5.32 Å². The fraction of sp³-hybridized carbons (Fsp3) is 0.462. The number of sulfone groups is 1. The number of methoxy groups -OCH3 is 1. The summed E-state index contributed by atoms with van der Waals surface area (Å²) in [7, 11) is -1.56. The third kappa shape index (κ3) is 5.67. The lowest BCUT2D eigenvalue weighted by molar-refractivity contribution is -0.133. The van der Waals surface area contributed by atoms with E-state index < -0.39 is 15.9 Å². The first-order chi connectivity index (χ1) is 16.2. The van der Waals surface area contributed by atoms with E-state index in [1.165, 1.54) is 6.26 Å². The molecule has 0 aromatic heterocycles. The number of hydrogen-bond acceptors (Lipinski definition) is 5. The van der Waals surface area contributed by atoms with Crippen molar-refractivity contribution in [3.05, 3.63) is 60.2 Å². The average Bonchev–Trinajstić information content (AvgIpc) is 3.18. The molecule has 1 aliphatic carbocycles. The smallest absolute Gasteiger partial charge is 0.251 e. The summed E-state index contributed by atoms with van der Waals surface area (Å²) in [6.07, 6.45) is 3.84. The van der Waals surface area contributed by atoms with E-state index in [0.717, 1.165) is 17.5 Å². The Morgan fingerprint density at radius 2 is 1.97 bits per heavy atom. The predicted molar refractivity (Wildman–Crippen MR) is 130 cm³/mol. The van der Waals surface area contributed by atoms with Crippen molar-refractivity contribution < 1.29 is 22.7 Å². The molecule has 2 amide bonds. The van der Waals surface area contributed by atoms with E-state index in [1.807, 2.05) is 42.5 Å². The lowest BCUT2D eigenvalue weighted by Crippen LogP contribution is -2.50. The van der Waals surface area contributed by atoms with Crippen molar-refractivity contribution in [3.8, 4) is 11.1 Å². The van der Waals surface area contributed by atoms with Crippen molar-refractivity contribution in [3.63, 3.8) is 0 Å². The van der Waals surface area contributed by atoms with Crippen LogP contribution in [-0.2, 0) is 19.4 Å². The van der Waals surface area contributed by atoms with E-state index in [0.29, 0.717) is 31.4 Å². The van der Waals surface area contributed by atoms with Crippen LogP contribution in [0.1, 0.15) is 36.0 Å². The maximum Gasteiger partial charge on any atom is 0.251 e. The van der Waals surface area contributed by atoms with Crippen LogP contribution in [0.15, 0.2) is 48.5 Å². The standard InChI is InChI=1S/C26H31N2O5S/c1-33-22-11-12-24(21(16-22)17-34(2,31)32)28-14-13-23(26(28)30)27-25(29)20-10-6-9-19(15-20)18-7-4-3-5-8-18/h3-4,6-10,15,21-24H,11-14,16-17H2,1-2H3,(H,27,29)/t21-,22+,23-,24-/m0/s1. The van der Waals surface area contributed by atoms with Crippen LogP contribution in [0, 0.1) is 12.0 Å². The van der Waals surface area contributed by atoms with Gasteiger partial charge in [0, 0.05) is 31.5 Å². The van der Waals surface area contributed by atoms with E-state index in [-0.39, 0.29) is 35.6 Å². The Bertz CT molecular complexity index is 1130. The normalized spacial score (nSPS) is 25.4. The quantitative estimate of drug-likeness (QED) is 0.654. The molecule has 8 heteroatoms. The molecule has 1 saturated carbocycles. The van der Waals surface area contributed by atoms with Crippen molar-refractivity contribution in [2.75, 3.05) is 25.7 Å². The van der Waals surface area contributed by atoms with Crippen molar-refractivity contribution >= 4 is 21.7 Å². The van der Waals surface area contributed by atoms with Crippen LogP contribution in [0.3, 0.4) is 0 Å². The highest BCUT2D eigenvalue weighted by molar-refractivity contribution is 7.90. The first kappa shape index (κ1) is 24.4. The van der Waals surface area contributed by atoms with Gasteiger partial charge in [0.1, 0.15) is 15.9 Å². The van der Waals surface area contributed by atoms with E-state index >= 15 is 0 Å². The summed E-state index contributed by atoms with van der Waals surface area (Å²) < 4.78 is 29.5. The molecule has 34 heavy (non-hydrogen) atoms. The first-order valence-electron chi connectivity index (χ1n) is 11.6. The predicted octanol–water partition coefficient (Wildman–Crippen LogP) is 2.71. The summed E-state index contributed by atoms with van der Waals surface area (Å²) >= 11 is 0. The summed E-state index contributed by atoms with van der Waals surface area (Å²) in [6, 6.07) is 17.1. The van der Waals surface area contributed by atoms with Crippen LogP contribution in [0.25, 0.3) is 11.1 Å². The third-order valence-corrected chi connectivity index (χ3v) is 7.89. The second kappa shape index (κ2) is 10.3. The minimum Gasteiger partial charge on any atom is -0.381 e. The van der Waals surface area contributed by atoms with Gasteiger partial charge in [0.15, 0.2) is 0 Å². The number of amides is 2. The number of hydrogen-bond donors (Lipinski definition) is 1. The number of ether oxygens (including phenoxy) is 1. The molecule has 0 spiro atoms. The molecule has 0 unspecified atom stereocenters. The summed E-state index contributed by atoms with van der Waals surface area (Å²) in [5, 5.41) is 2.89. The van der Waals surface area contributed by atoms with E-state index in [9.17, 15) is 18.0 Å². The number of carbonyl (C=O) groups excluding carboxylic acids is 2. The Morgan fingerprint density at radius 3 is 2.68 bits per heavy atom. The molecule has 2 fully saturated rings. The molecule has 2 aromatic rings. The zero-order chi connectivity index (χ0) is 24.3. The Kier molecular flexibility index (Phi) is 7.38. The molecule has 0 bridgehead atoms. The maximum atomic E-state index is 13.2. The number of nitrogens with one attached hydrogen (secondary N) is 1. The molecule has 1 N–H and O–H groups in total. The minimum atomic E-state index is -3.20. The van der Waals surface area contributed by atoms with Gasteiger partial charge in [0.05, 0.1) is 11.9 Å². The molecule has 4 atom stereocenters. The molecule has 1 saturated heterocycles. The molecule has 2 aliphatic rings.